The second kappa shape index (κ2) is 7.56. The van der Waals surface area contributed by atoms with Crippen molar-refractivity contribution in [1.29, 1.82) is 5.26 Å². The number of halogens is 1. The SMILES string of the molecule is CCn1cc(C(=O)O)c(=O)c2cc(F)c(N3CCN(C(N)=NC#N)CC3)cc21. The van der Waals surface area contributed by atoms with Crippen LogP contribution >= 0.6 is 0 Å². The van der Waals surface area contributed by atoms with Crippen molar-refractivity contribution < 1.29 is 14.3 Å². The number of guanidine groups is 1. The molecule has 0 radical (unpaired) electrons. The minimum Gasteiger partial charge on any atom is -0.477 e. The van der Waals surface area contributed by atoms with Gasteiger partial charge in [-0.15, -0.1) is 4.99 Å². The number of rotatable bonds is 3. The number of aromatic carboxylic acids is 1. The highest BCUT2D eigenvalue weighted by molar-refractivity contribution is 5.93. The molecule has 10 heteroatoms. The third-order valence-corrected chi connectivity index (χ3v) is 4.83. The Balaban J connectivity index is 2.00. The monoisotopic (exact) mass is 386 g/mol. The van der Waals surface area contributed by atoms with Crippen LogP contribution in [0, 0.1) is 17.3 Å². The summed E-state index contributed by atoms with van der Waals surface area (Å²) in [4.78, 5) is 30.8. The minimum atomic E-state index is -1.34. The summed E-state index contributed by atoms with van der Waals surface area (Å²) in [5, 5.41) is 17.8. The second-order valence-corrected chi connectivity index (χ2v) is 6.33. The van der Waals surface area contributed by atoms with Gasteiger partial charge in [0, 0.05) is 44.3 Å². The molecule has 1 saturated heterocycles. The van der Waals surface area contributed by atoms with Crippen LogP contribution in [0.2, 0.25) is 0 Å². The van der Waals surface area contributed by atoms with Crippen molar-refractivity contribution in [2.45, 2.75) is 13.5 Å². The zero-order valence-corrected chi connectivity index (χ0v) is 15.2. The predicted molar refractivity (Wildman–Crippen MR) is 102 cm³/mol. The van der Waals surface area contributed by atoms with E-state index in [1.807, 2.05) is 11.8 Å². The zero-order chi connectivity index (χ0) is 20.4. The second-order valence-electron chi connectivity index (χ2n) is 6.33. The average Bonchev–Trinajstić information content (AvgIpc) is 2.68. The number of nitrogens with two attached hydrogens (primary N) is 1. The summed E-state index contributed by atoms with van der Waals surface area (Å²) in [5.74, 6) is -1.81. The van der Waals surface area contributed by atoms with E-state index in [0.29, 0.717) is 43.9 Å². The summed E-state index contributed by atoms with van der Waals surface area (Å²) >= 11 is 0. The van der Waals surface area contributed by atoms with Gasteiger partial charge in [0.25, 0.3) is 0 Å². The molecule has 2 heterocycles. The Morgan fingerprint density at radius 3 is 2.61 bits per heavy atom. The third kappa shape index (κ3) is 3.34. The Morgan fingerprint density at radius 1 is 1.36 bits per heavy atom. The molecule has 0 spiro atoms. The lowest BCUT2D eigenvalue weighted by Crippen LogP contribution is -2.51. The van der Waals surface area contributed by atoms with E-state index in [-0.39, 0.29) is 16.9 Å². The first-order valence-electron chi connectivity index (χ1n) is 8.69. The number of nitriles is 1. The number of hydrogen-bond acceptors (Lipinski definition) is 5. The number of hydrogen-bond donors (Lipinski definition) is 2. The predicted octanol–water partition coefficient (Wildman–Crippen LogP) is 0.776. The molecule has 146 valence electrons. The number of carboxylic acids is 1. The molecular formula is C18H19FN6O3. The maximum atomic E-state index is 14.8. The van der Waals surface area contributed by atoms with E-state index in [1.54, 1.807) is 21.7 Å². The molecule has 0 bridgehead atoms. The number of benzene rings is 1. The molecule has 1 aliphatic heterocycles. The Labute approximate surface area is 159 Å². The number of aliphatic imine (C=N–C) groups is 1. The van der Waals surface area contributed by atoms with Gasteiger partial charge in [0.05, 0.1) is 11.2 Å². The van der Waals surface area contributed by atoms with E-state index >= 15 is 0 Å². The van der Waals surface area contributed by atoms with Crippen LogP contribution in [0.25, 0.3) is 10.9 Å². The van der Waals surface area contributed by atoms with Crippen LogP contribution < -0.4 is 16.1 Å². The Morgan fingerprint density at radius 2 is 2.04 bits per heavy atom. The quantitative estimate of drug-likeness (QED) is 0.453. The number of carboxylic acid groups (broad SMARTS) is 1. The van der Waals surface area contributed by atoms with Gasteiger partial charge >= 0.3 is 5.97 Å². The largest absolute Gasteiger partial charge is 0.477 e. The van der Waals surface area contributed by atoms with E-state index < -0.39 is 17.2 Å². The number of nitrogens with zero attached hydrogens (tertiary/aromatic N) is 5. The van der Waals surface area contributed by atoms with Gasteiger partial charge < -0.3 is 25.2 Å². The van der Waals surface area contributed by atoms with Crippen LogP contribution in [-0.2, 0) is 6.54 Å². The molecule has 1 aliphatic rings. The first-order chi connectivity index (χ1) is 13.4. The van der Waals surface area contributed by atoms with E-state index in [1.165, 1.54) is 6.20 Å². The van der Waals surface area contributed by atoms with Crippen molar-refractivity contribution in [3.05, 3.63) is 39.9 Å². The van der Waals surface area contributed by atoms with Gasteiger partial charge in [-0.05, 0) is 19.1 Å². The van der Waals surface area contributed by atoms with Gasteiger partial charge in [-0.3, -0.25) is 4.79 Å². The molecule has 1 aromatic carbocycles. The Hall–Kier alpha value is -3.61. The van der Waals surface area contributed by atoms with Crippen LogP contribution in [0.3, 0.4) is 0 Å². The molecule has 3 N–H and O–H groups in total. The van der Waals surface area contributed by atoms with Crippen LogP contribution in [0.5, 0.6) is 0 Å². The molecule has 1 aromatic heterocycles. The van der Waals surface area contributed by atoms with Gasteiger partial charge in [-0.25, -0.2) is 9.18 Å². The molecule has 0 atom stereocenters. The normalized spacial score (nSPS) is 15.0. The molecule has 2 aromatic rings. The summed E-state index contributed by atoms with van der Waals surface area (Å²) in [7, 11) is 0. The molecule has 3 rings (SSSR count). The summed E-state index contributed by atoms with van der Waals surface area (Å²) in [6, 6.07) is 2.67. The topological polar surface area (TPSA) is 128 Å². The summed E-state index contributed by atoms with van der Waals surface area (Å²) in [5.41, 5.74) is 5.42. The van der Waals surface area contributed by atoms with Crippen molar-refractivity contribution in [3.8, 4) is 6.19 Å². The van der Waals surface area contributed by atoms with Gasteiger partial charge in [0.1, 0.15) is 11.4 Å². The highest BCUT2D eigenvalue weighted by Gasteiger charge is 2.23. The molecule has 1 fully saturated rings. The summed E-state index contributed by atoms with van der Waals surface area (Å²) in [6.45, 7) is 4.08. The molecule has 0 unspecified atom stereocenters. The fourth-order valence-corrected chi connectivity index (χ4v) is 3.35. The highest BCUT2D eigenvalue weighted by Crippen LogP contribution is 2.26. The summed E-state index contributed by atoms with van der Waals surface area (Å²) in [6.07, 6.45) is 2.92. The molecule has 28 heavy (non-hydrogen) atoms. The fraction of sp³-hybridized carbons (Fsp3) is 0.333. The van der Waals surface area contributed by atoms with Crippen molar-refractivity contribution in [2.24, 2.45) is 10.7 Å². The molecule has 0 amide bonds. The number of aryl methyl sites for hydroxylation is 1. The molecule has 0 saturated carbocycles. The van der Waals surface area contributed by atoms with Crippen LogP contribution in [-0.4, -0.2) is 52.7 Å². The van der Waals surface area contributed by atoms with E-state index in [9.17, 15) is 19.1 Å². The molecule has 0 aliphatic carbocycles. The lowest BCUT2D eigenvalue weighted by atomic mass is 10.1. The van der Waals surface area contributed by atoms with Crippen molar-refractivity contribution in [3.63, 3.8) is 0 Å². The zero-order valence-electron chi connectivity index (χ0n) is 15.2. The lowest BCUT2D eigenvalue weighted by molar-refractivity contribution is 0.0695. The van der Waals surface area contributed by atoms with Crippen molar-refractivity contribution in [2.75, 3.05) is 31.1 Å². The standard InChI is InChI=1S/C18H19FN6O3/c1-2-23-9-12(17(27)28)16(26)11-7-13(19)15(8-14(11)23)24-3-5-25(6-4-24)18(21)22-10-20/h7-9H,2-6H2,1H3,(H2,21,22)(H,27,28). The third-order valence-electron chi connectivity index (χ3n) is 4.83. The van der Waals surface area contributed by atoms with Gasteiger partial charge in [0.15, 0.2) is 0 Å². The maximum absolute atomic E-state index is 14.8. The van der Waals surface area contributed by atoms with E-state index in [2.05, 4.69) is 4.99 Å². The Bertz CT molecular complexity index is 1060. The maximum Gasteiger partial charge on any atom is 0.341 e. The first kappa shape index (κ1) is 19.2. The van der Waals surface area contributed by atoms with Crippen molar-refractivity contribution >= 4 is 28.5 Å². The number of fused-ring (bicyclic) bond motifs is 1. The number of carbonyl (C=O) groups is 1. The van der Waals surface area contributed by atoms with Gasteiger partial charge in [0.2, 0.25) is 17.6 Å². The van der Waals surface area contributed by atoms with Crippen LogP contribution in [0.15, 0.2) is 28.1 Å². The number of piperazine rings is 1. The number of anilines is 1. The van der Waals surface area contributed by atoms with Gasteiger partial charge in [-0.2, -0.15) is 5.26 Å². The molecule has 9 nitrogen and oxygen atoms in total. The summed E-state index contributed by atoms with van der Waals surface area (Å²) < 4.78 is 16.4. The fourth-order valence-electron chi connectivity index (χ4n) is 3.35. The van der Waals surface area contributed by atoms with Crippen LogP contribution in [0.1, 0.15) is 17.3 Å². The van der Waals surface area contributed by atoms with Gasteiger partial charge in [-0.1, -0.05) is 0 Å². The smallest absolute Gasteiger partial charge is 0.341 e. The van der Waals surface area contributed by atoms with Crippen LogP contribution in [0.4, 0.5) is 10.1 Å². The number of pyridine rings is 1. The van der Waals surface area contributed by atoms with E-state index in [4.69, 9.17) is 11.0 Å². The lowest BCUT2D eigenvalue weighted by Gasteiger charge is -2.36. The average molecular weight is 386 g/mol. The Kier molecular flexibility index (Phi) is 5.17. The molecular weight excluding hydrogens is 367 g/mol. The van der Waals surface area contributed by atoms with Crippen molar-refractivity contribution in [1.82, 2.24) is 9.47 Å². The number of aromatic nitrogens is 1. The van der Waals surface area contributed by atoms with E-state index in [0.717, 1.165) is 6.07 Å². The minimum absolute atomic E-state index is 0.0343. The highest BCUT2D eigenvalue weighted by atomic mass is 19.1. The first-order valence-corrected chi connectivity index (χ1v) is 8.69.